The minimum atomic E-state index is -0.593. The maximum absolute atomic E-state index is 13.5. The van der Waals surface area contributed by atoms with Crippen LogP contribution in [0.15, 0.2) is 22.7 Å². The van der Waals surface area contributed by atoms with Crippen molar-refractivity contribution in [2.24, 2.45) is 0 Å². The van der Waals surface area contributed by atoms with E-state index in [1.54, 1.807) is 0 Å². The predicted molar refractivity (Wildman–Crippen MR) is 58.7 cm³/mol. The molecule has 0 atom stereocenters. The van der Waals surface area contributed by atoms with Gasteiger partial charge in [0.2, 0.25) is 0 Å². The molecular weight excluding hydrogens is 225 g/mol. The highest BCUT2D eigenvalue weighted by atomic mass is 19.1. The maximum atomic E-state index is 13.5. The number of phenolic OH excluding ortho intramolecular Hbond substituents is 1. The molecule has 0 spiro atoms. The van der Waals surface area contributed by atoms with Crippen LogP contribution in [-0.2, 0) is 6.54 Å². The quantitative estimate of drug-likeness (QED) is 0.879. The van der Waals surface area contributed by atoms with E-state index >= 15 is 0 Å². The summed E-state index contributed by atoms with van der Waals surface area (Å²) in [6.45, 7) is 0.485. The second-order valence-electron chi connectivity index (χ2n) is 3.89. The fourth-order valence-electron chi connectivity index (χ4n) is 1.43. The summed E-state index contributed by atoms with van der Waals surface area (Å²) in [7, 11) is 3.72. The van der Waals surface area contributed by atoms with Crippen molar-refractivity contribution in [1.82, 2.24) is 15.0 Å². The first-order valence-corrected chi connectivity index (χ1v) is 5.03. The number of aromatic nitrogens is 2. The van der Waals surface area contributed by atoms with Gasteiger partial charge in [0.15, 0.2) is 5.82 Å². The largest absolute Gasteiger partial charge is 0.507 e. The molecule has 0 saturated carbocycles. The second-order valence-corrected chi connectivity index (χ2v) is 3.89. The summed E-state index contributed by atoms with van der Waals surface area (Å²) in [5.74, 6) is -0.389. The standard InChI is InChI=1S/C11H12FN3O2/c1-15(2)6-9-13-11(17-14-9)10-7(12)4-3-5-8(10)16/h3-5,16H,6H2,1-2H3. The highest BCUT2D eigenvalue weighted by Crippen LogP contribution is 2.30. The van der Waals surface area contributed by atoms with Gasteiger partial charge in [-0.1, -0.05) is 11.2 Å². The lowest BCUT2D eigenvalue weighted by atomic mass is 10.2. The predicted octanol–water partition coefficient (Wildman–Crippen LogP) is 1.64. The van der Waals surface area contributed by atoms with Crippen LogP contribution in [0.3, 0.4) is 0 Å². The summed E-state index contributed by atoms with van der Waals surface area (Å²) in [5.41, 5.74) is -0.0648. The summed E-state index contributed by atoms with van der Waals surface area (Å²) >= 11 is 0. The van der Waals surface area contributed by atoms with Crippen LogP contribution in [0.25, 0.3) is 11.5 Å². The van der Waals surface area contributed by atoms with Crippen LogP contribution in [0.5, 0.6) is 5.75 Å². The third-order valence-electron chi connectivity index (χ3n) is 2.13. The Morgan fingerprint density at radius 1 is 1.41 bits per heavy atom. The van der Waals surface area contributed by atoms with Crippen molar-refractivity contribution in [1.29, 1.82) is 0 Å². The number of phenols is 1. The number of hydrogen-bond acceptors (Lipinski definition) is 5. The molecule has 0 bridgehead atoms. The Kier molecular flexibility index (Phi) is 3.06. The molecule has 90 valence electrons. The van der Waals surface area contributed by atoms with Crippen molar-refractivity contribution < 1.29 is 14.0 Å². The van der Waals surface area contributed by atoms with Gasteiger partial charge < -0.3 is 14.5 Å². The second kappa shape index (κ2) is 4.50. The average molecular weight is 237 g/mol. The van der Waals surface area contributed by atoms with Gasteiger partial charge in [0, 0.05) is 0 Å². The van der Waals surface area contributed by atoms with E-state index in [4.69, 9.17) is 4.52 Å². The maximum Gasteiger partial charge on any atom is 0.264 e. The van der Waals surface area contributed by atoms with Gasteiger partial charge in [-0.05, 0) is 26.2 Å². The minimum absolute atomic E-state index is 0.0162. The Labute approximate surface area is 97.5 Å². The molecule has 0 aliphatic rings. The van der Waals surface area contributed by atoms with E-state index in [2.05, 4.69) is 10.1 Å². The normalized spacial score (nSPS) is 11.1. The third-order valence-corrected chi connectivity index (χ3v) is 2.13. The molecule has 6 heteroatoms. The lowest BCUT2D eigenvalue weighted by Crippen LogP contribution is -2.11. The molecule has 0 radical (unpaired) electrons. The van der Waals surface area contributed by atoms with E-state index in [0.717, 1.165) is 0 Å². The number of rotatable bonds is 3. The molecule has 2 aromatic rings. The lowest BCUT2D eigenvalue weighted by molar-refractivity contribution is 0.364. The van der Waals surface area contributed by atoms with E-state index in [9.17, 15) is 9.50 Å². The first-order chi connectivity index (χ1) is 8.08. The van der Waals surface area contributed by atoms with E-state index < -0.39 is 5.82 Å². The molecule has 0 unspecified atom stereocenters. The van der Waals surface area contributed by atoms with Gasteiger partial charge in [-0.3, -0.25) is 0 Å². The van der Waals surface area contributed by atoms with Crippen molar-refractivity contribution in [3.8, 4) is 17.2 Å². The number of aromatic hydroxyl groups is 1. The van der Waals surface area contributed by atoms with Crippen molar-refractivity contribution in [2.75, 3.05) is 14.1 Å². The van der Waals surface area contributed by atoms with Crippen LogP contribution < -0.4 is 0 Å². The van der Waals surface area contributed by atoms with Gasteiger partial charge in [-0.2, -0.15) is 4.98 Å². The number of halogens is 1. The molecule has 1 heterocycles. The van der Waals surface area contributed by atoms with Crippen LogP contribution >= 0.6 is 0 Å². The van der Waals surface area contributed by atoms with Crippen LogP contribution in [0, 0.1) is 5.82 Å². The summed E-state index contributed by atoms with van der Waals surface area (Å²) in [5, 5.41) is 13.3. The Bertz CT molecular complexity index is 505. The molecule has 5 nitrogen and oxygen atoms in total. The molecule has 0 saturated heterocycles. The average Bonchev–Trinajstić information content (AvgIpc) is 2.65. The molecule has 1 N–H and O–H groups in total. The fraction of sp³-hybridized carbons (Fsp3) is 0.273. The molecule has 2 rings (SSSR count). The summed E-state index contributed by atoms with van der Waals surface area (Å²) in [6, 6.07) is 4.00. The topological polar surface area (TPSA) is 62.4 Å². The van der Waals surface area contributed by atoms with Crippen molar-refractivity contribution in [2.45, 2.75) is 6.54 Å². The molecule has 0 aliphatic carbocycles. The third kappa shape index (κ3) is 2.42. The number of nitrogens with zero attached hydrogens (tertiary/aromatic N) is 3. The molecular formula is C11H12FN3O2. The summed E-state index contributed by atoms with van der Waals surface area (Å²) < 4.78 is 18.4. The minimum Gasteiger partial charge on any atom is -0.507 e. The van der Waals surface area contributed by atoms with Crippen LogP contribution in [0.1, 0.15) is 5.82 Å². The molecule has 0 amide bonds. The van der Waals surface area contributed by atoms with Crippen molar-refractivity contribution >= 4 is 0 Å². The first kappa shape index (κ1) is 11.5. The molecule has 17 heavy (non-hydrogen) atoms. The lowest BCUT2D eigenvalue weighted by Gasteiger charge is -2.03. The first-order valence-electron chi connectivity index (χ1n) is 5.03. The number of hydrogen-bond donors (Lipinski definition) is 1. The highest BCUT2D eigenvalue weighted by Gasteiger charge is 2.17. The van der Waals surface area contributed by atoms with Crippen molar-refractivity contribution in [3.63, 3.8) is 0 Å². The van der Waals surface area contributed by atoms with Gasteiger partial charge >= 0.3 is 0 Å². The summed E-state index contributed by atoms with van der Waals surface area (Å²) in [6.07, 6.45) is 0. The highest BCUT2D eigenvalue weighted by molar-refractivity contribution is 5.62. The zero-order valence-electron chi connectivity index (χ0n) is 9.51. The molecule has 0 aliphatic heterocycles. The monoisotopic (exact) mass is 237 g/mol. The Hall–Kier alpha value is -1.95. The van der Waals surface area contributed by atoms with Gasteiger partial charge in [0.25, 0.3) is 5.89 Å². The van der Waals surface area contributed by atoms with Crippen molar-refractivity contribution in [3.05, 3.63) is 29.8 Å². The van der Waals surface area contributed by atoms with Crippen LogP contribution in [-0.4, -0.2) is 34.2 Å². The Morgan fingerprint density at radius 3 is 2.82 bits per heavy atom. The van der Waals surface area contributed by atoms with E-state index in [0.29, 0.717) is 12.4 Å². The molecule has 0 fully saturated rings. The zero-order valence-corrected chi connectivity index (χ0v) is 9.51. The Balaban J connectivity index is 2.37. The van der Waals surface area contributed by atoms with Gasteiger partial charge in [0.1, 0.15) is 17.1 Å². The number of benzene rings is 1. The van der Waals surface area contributed by atoms with E-state index in [1.807, 2.05) is 19.0 Å². The van der Waals surface area contributed by atoms with Crippen LogP contribution in [0.4, 0.5) is 4.39 Å². The van der Waals surface area contributed by atoms with Gasteiger partial charge in [-0.25, -0.2) is 4.39 Å². The van der Waals surface area contributed by atoms with Gasteiger partial charge in [0.05, 0.1) is 6.54 Å². The molecule has 1 aromatic carbocycles. The van der Waals surface area contributed by atoms with E-state index in [-0.39, 0.29) is 17.2 Å². The summed E-state index contributed by atoms with van der Waals surface area (Å²) in [4.78, 5) is 5.88. The van der Waals surface area contributed by atoms with E-state index in [1.165, 1.54) is 18.2 Å². The van der Waals surface area contributed by atoms with Crippen LogP contribution in [0.2, 0.25) is 0 Å². The van der Waals surface area contributed by atoms with Gasteiger partial charge in [-0.15, -0.1) is 0 Å². The zero-order chi connectivity index (χ0) is 12.4. The Morgan fingerprint density at radius 2 is 2.18 bits per heavy atom. The fourth-order valence-corrected chi connectivity index (χ4v) is 1.43. The smallest absolute Gasteiger partial charge is 0.264 e. The molecule has 1 aromatic heterocycles. The SMILES string of the molecule is CN(C)Cc1noc(-c2c(O)cccc2F)n1.